The van der Waals surface area contributed by atoms with E-state index in [0.717, 1.165) is 12.2 Å². The lowest BCUT2D eigenvalue weighted by Gasteiger charge is -2.19. The van der Waals surface area contributed by atoms with Crippen LogP contribution in [0, 0.1) is 0 Å². The van der Waals surface area contributed by atoms with E-state index in [1.54, 1.807) is 7.11 Å². The fourth-order valence-electron chi connectivity index (χ4n) is 2.16. The van der Waals surface area contributed by atoms with Crippen molar-refractivity contribution in [3.05, 3.63) is 35.4 Å². The molecule has 0 heterocycles. The Morgan fingerprint density at radius 1 is 1.38 bits per heavy atom. The van der Waals surface area contributed by atoms with Gasteiger partial charge in [0.2, 0.25) is 0 Å². The Bertz CT molecular complexity index is 388. The van der Waals surface area contributed by atoms with Crippen LogP contribution in [0.4, 0.5) is 0 Å². The van der Waals surface area contributed by atoms with Crippen molar-refractivity contribution >= 4 is 18.0 Å². The molecule has 0 amide bonds. The predicted molar refractivity (Wildman–Crippen MR) is 70.2 cm³/mol. The predicted octanol–water partition coefficient (Wildman–Crippen LogP) is 2.80. The van der Waals surface area contributed by atoms with Gasteiger partial charge < -0.3 is 10.5 Å². The number of nitrogens with two attached hydrogens (primary N) is 1. The third kappa shape index (κ3) is 2.57. The molecule has 0 spiro atoms. The lowest BCUT2D eigenvalue weighted by molar-refractivity contribution is 0.414. The van der Waals surface area contributed by atoms with E-state index in [2.05, 4.69) is 18.2 Å². The molecule has 1 aromatic carbocycles. The molecule has 1 aliphatic rings. The van der Waals surface area contributed by atoms with Crippen LogP contribution < -0.4 is 10.5 Å². The summed E-state index contributed by atoms with van der Waals surface area (Å²) in [4.78, 5) is 0. The molecule has 3 heteroatoms. The Morgan fingerprint density at radius 2 is 2.19 bits per heavy atom. The Labute approximate surface area is 103 Å². The van der Waals surface area contributed by atoms with E-state index in [-0.39, 0.29) is 12.4 Å². The zero-order chi connectivity index (χ0) is 10.7. The molecule has 0 bridgehead atoms. The van der Waals surface area contributed by atoms with E-state index in [0.29, 0.717) is 6.54 Å². The van der Waals surface area contributed by atoms with Crippen molar-refractivity contribution in [3.8, 4) is 5.75 Å². The summed E-state index contributed by atoms with van der Waals surface area (Å²) in [5.74, 6) is 0.929. The number of ether oxygens (including phenoxy) is 1. The van der Waals surface area contributed by atoms with Crippen LogP contribution in [0.3, 0.4) is 0 Å². The maximum absolute atomic E-state index is 5.58. The molecule has 1 aliphatic carbocycles. The molecule has 0 saturated heterocycles. The number of allylic oxidation sites excluding steroid dienone is 1. The summed E-state index contributed by atoms with van der Waals surface area (Å²) in [7, 11) is 1.71. The molecule has 88 valence electrons. The molecule has 0 atom stereocenters. The number of hydrogen-bond acceptors (Lipinski definition) is 2. The molecule has 0 fully saturated rings. The Kier molecular flexibility index (Phi) is 4.84. The van der Waals surface area contributed by atoms with Crippen molar-refractivity contribution in [1.29, 1.82) is 0 Å². The summed E-state index contributed by atoms with van der Waals surface area (Å²) in [5.41, 5.74) is 9.70. The largest absolute Gasteiger partial charge is 0.497 e. The first-order valence-corrected chi connectivity index (χ1v) is 5.41. The lowest BCUT2D eigenvalue weighted by atomic mass is 9.87. The first-order chi connectivity index (χ1) is 7.35. The SMILES string of the molecule is COc1ccc2c(c1)/C(=C/CN)CCC2.Cl. The van der Waals surface area contributed by atoms with Crippen LogP contribution in [-0.2, 0) is 6.42 Å². The van der Waals surface area contributed by atoms with E-state index in [9.17, 15) is 0 Å². The smallest absolute Gasteiger partial charge is 0.119 e. The minimum atomic E-state index is 0. The number of methoxy groups -OCH3 is 1. The Morgan fingerprint density at radius 3 is 2.88 bits per heavy atom. The van der Waals surface area contributed by atoms with Crippen LogP contribution >= 0.6 is 12.4 Å². The van der Waals surface area contributed by atoms with Gasteiger partial charge in [0.15, 0.2) is 0 Å². The van der Waals surface area contributed by atoms with Crippen molar-refractivity contribution in [2.75, 3.05) is 13.7 Å². The molecule has 0 radical (unpaired) electrons. The monoisotopic (exact) mass is 239 g/mol. The van der Waals surface area contributed by atoms with Gasteiger partial charge in [-0.15, -0.1) is 12.4 Å². The zero-order valence-electron chi connectivity index (χ0n) is 9.53. The fraction of sp³-hybridized carbons (Fsp3) is 0.385. The van der Waals surface area contributed by atoms with Crippen LogP contribution in [0.5, 0.6) is 5.75 Å². The van der Waals surface area contributed by atoms with Gasteiger partial charge in [0.1, 0.15) is 5.75 Å². The standard InChI is InChI=1S/C13H17NO.ClH/c1-15-12-6-5-10-3-2-4-11(7-8-14)13(10)9-12;/h5-7,9H,2-4,8,14H2,1H3;1H/b11-7+;. The highest BCUT2D eigenvalue weighted by Gasteiger charge is 2.14. The second-order valence-electron chi connectivity index (χ2n) is 3.84. The summed E-state index contributed by atoms with van der Waals surface area (Å²) >= 11 is 0. The van der Waals surface area contributed by atoms with Crippen LogP contribution in [0.2, 0.25) is 0 Å². The normalized spacial score (nSPS) is 16.5. The van der Waals surface area contributed by atoms with Crippen LogP contribution in [0.15, 0.2) is 24.3 Å². The van der Waals surface area contributed by atoms with Gasteiger partial charge in [0.05, 0.1) is 7.11 Å². The summed E-state index contributed by atoms with van der Waals surface area (Å²) in [6.07, 6.45) is 5.65. The van der Waals surface area contributed by atoms with Crippen molar-refractivity contribution < 1.29 is 4.74 Å². The molecule has 2 N–H and O–H groups in total. The highest BCUT2D eigenvalue weighted by molar-refractivity contribution is 5.85. The van der Waals surface area contributed by atoms with Gasteiger partial charge in [-0.3, -0.25) is 0 Å². The second-order valence-corrected chi connectivity index (χ2v) is 3.84. The molecular weight excluding hydrogens is 222 g/mol. The maximum atomic E-state index is 5.58. The lowest BCUT2D eigenvalue weighted by Crippen LogP contribution is -2.04. The van der Waals surface area contributed by atoms with E-state index in [1.807, 2.05) is 6.07 Å². The minimum absolute atomic E-state index is 0. The second kappa shape index (κ2) is 5.92. The third-order valence-corrected chi connectivity index (χ3v) is 2.92. The molecule has 0 aromatic heterocycles. The summed E-state index contributed by atoms with van der Waals surface area (Å²) < 4.78 is 5.25. The molecular formula is C13H18ClNO. The van der Waals surface area contributed by atoms with Gasteiger partial charge in [0.25, 0.3) is 0 Å². The van der Waals surface area contributed by atoms with Crippen LogP contribution in [0.25, 0.3) is 5.57 Å². The summed E-state index contributed by atoms with van der Waals surface area (Å²) in [6, 6.07) is 6.32. The van der Waals surface area contributed by atoms with Gasteiger partial charge in [-0.05, 0) is 48.1 Å². The molecule has 0 saturated carbocycles. The molecule has 16 heavy (non-hydrogen) atoms. The molecule has 0 unspecified atom stereocenters. The van der Waals surface area contributed by atoms with Crippen molar-refractivity contribution in [2.45, 2.75) is 19.3 Å². The number of benzene rings is 1. The van der Waals surface area contributed by atoms with E-state index >= 15 is 0 Å². The van der Waals surface area contributed by atoms with Crippen molar-refractivity contribution in [1.82, 2.24) is 0 Å². The quantitative estimate of drug-likeness (QED) is 0.862. The average Bonchev–Trinajstić information content (AvgIpc) is 2.29. The fourth-order valence-corrected chi connectivity index (χ4v) is 2.16. The first kappa shape index (κ1) is 13.1. The van der Waals surface area contributed by atoms with Crippen molar-refractivity contribution in [3.63, 3.8) is 0 Å². The van der Waals surface area contributed by atoms with Gasteiger partial charge in [-0.1, -0.05) is 12.1 Å². The van der Waals surface area contributed by atoms with Crippen LogP contribution in [0.1, 0.15) is 24.0 Å². The van der Waals surface area contributed by atoms with Gasteiger partial charge in [-0.25, -0.2) is 0 Å². The third-order valence-electron chi connectivity index (χ3n) is 2.92. The molecule has 0 aliphatic heterocycles. The first-order valence-electron chi connectivity index (χ1n) is 5.41. The molecule has 2 rings (SSSR count). The van der Waals surface area contributed by atoms with Crippen molar-refractivity contribution in [2.24, 2.45) is 5.73 Å². The minimum Gasteiger partial charge on any atom is -0.497 e. The number of halogens is 1. The zero-order valence-corrected chi connectivity index (χ0v) is 10.3. The number of rotatable bonds is 2. The topological polar surface area (TPSA) is 35.2 Å². The molecule has 2 nitrogen and oxygen atoms in total. The summed E-state index contributed by atoms with van der Waals surface area (Å²) in [5, 5.41) is 0. The summed E-state index contributed by atoms with van der Waals surface area (Å²) in [6.45, 7) is 0.617. The Hall–Kier alpha value is -0.990. The van der Waals surface area contributed by atoms with E-state index in [4.69, 9.17) is 10.5 Å². The highest BCUT2D eigenvalue weighted by Crippen LogP contribution is 2.32. The van der Waals surface area contributed by atoms with E-state index < -0.39 is 0 Å². The van der Waals surface area contributed by atoms with Gasteiger partial charge in [0, 0.05) is 6.54 Å². The van der Waals surface area contributed by atoms with Crippen LogP contribution in [-0.4, -0.2) is 13.7 Å². The number of aryl methyl sites for hydroxylation is 1. The van der Waals surface area contributed by atoms with Gasteiger partial charge in [-0.2, -0.15) is 0 Å². The average molecular weight is 240 g/mol. The van der Waals surface area contributed by atoms with E-state index in [1.165, 1.54) is 29.5 Å². The van der Waals surface area contributed by atoms with Gasteiger partial charge >= 0.3 is 0 Å². The maximum Gasteiger partial charge on any atom is 0.119 e. The number of hydrogen-bond donors (Lipinski definition) is 1. The number of fused-ring (bicyclic) bond motifs is 1. The Balaban J connectivity index is 0.00000128. The molecule has 1 aromatic rings. The highest BCUT2D eigenvalue weighted by atomic mass is 35.5.